The van der Waals surface area contributed by atoms with Crippen molar-refractivity contribution in [3.05, 3.63) is 16.4 Å². The number of rotatable bonds is 7. The summed E-state index contributed by atoms with van der Waals surface area (Å²) in [5.41, 5.74) is 6.94. The van der Waals surface area contributed by atoms with E-state index in [2.05, 4.69) is 25.9 Å². The van der Waals surface area contributed by atoms with Gasteiger partial charge >= 0.3 is 0 Å². The maximum absolute atomic E-state index is 6.38. The molecule has 1 aromatic rings. The Hall–Kier alpha value is -0.430. The second-order valence-corrected chi connectivity index (χ2v) is 6.27. The lowest BCUT2D eigenvalue weighted by Gasteiger charge is -2.32. The summed E-state index contributed by atoms with van der Waals surface area (Å²) in [7, 11) is 4.09. The Morgan fingerprint density at radius 2 is 2.16 bits per heavy atom. The van der Waals surface area contributed by atoms with Crippen molar-refractivity contribution in [3.63, 3.8) is 0 Å². The molecule has 1 atom stereocenters. The molecule has 0 fully saturated rings. The van der Waals surface area contributed by atoms with Crippen molar-refractivity contribution in [1.82, 2.24) is 14.7 Å². The number of nitrogens with zero attached hydrogens (tertiary/aromatic N) is 3. The molecular weight excluding hydrogens is 308 g/mol. The second-order valence-electron chi connectivity index (χ2n) is 5.42. The number of aromatic nitrogens is 2. The summed E-state index contributed by atoms with van der Waals surface area (Å²) in [6, 6.07) is -0.230. The summed E-state index contributed by atoms with van der Waals surface area (Å²) in [5, 5.41) is 4.39. The van der Waals surface area contributed by atoms with Crippen LogP contribution >= 0.6 is 15.9 Å². The van der Waals surface area contributed by atoms with Crippen molar-refractivity contribution in [1.29, 1.82) is 0 Å². The Kier molecular flexibility index (Phi) is 5.98. The van der Waals surface area contributed by atoms with Gasteiger partial charge < -0.3 is 15.4 Å². The summed E-state index contributed by atoms with van der Waals surface area (Å²) in [4.78, 5) is 2.12. The summed E-state index contributed by atoms with van der Waals surface area (Å²) >= 11 is 3.54. The van der Waals surface area contributed by atoms with Crippen LogP contribution in [0, 0.1) is 0 Å². The third-order valence-corrected chi connectivity index (χ3v) is 3.76. The van der Waals surface area contributed by atoms with Gasteiger partial charge in [-0.1, -0.05) is 0 Å². The van der Waals surface area contributed by atoms with E-state index < -0.39 is 5.60 Å². The molecule has 0 amide bonds. The van der Waals surface area contributed by atoms with E-state index in [9.17, 15) is 0 Å². The highest BCUT2D eigenvalue weighted by Gasteiger charge is 2.32. The van der Waals surface area contributed by atoms with E-state index >= 15 is 0 Å². The normalized spacial score (nSPS) is 14.1. The molecule has 0 aromatic carbocycles. The predicted molar refractivity (Wildman–Crippen MR) is 81.1 cm³/mol. The molecule has 5 nitrogen and oxygen atoms in total. The topological polar surface area (TPSA) is 56.3 Å². The quantitative estimate of drug-likeness (QED) is 0.829. The van der Waals surface area contributed by atoms with Gasteiger partial charge in [0, 0.05) is 13.2 Å². The molecule has 2 N–H and O–H groups in total. The fraction of sp³-hybridized carbons (Fsp3) is 0.769. The molecule has 0 aliphatic carbocycles. The molecule has 1 heterocycles. The van der Waals surface area contributed by atoms with Crippen molar-refractivity contribution in [2.75, 3.05) is 27.2 Å². The van der Waals surface area contributed by atoms with E-state index in [0.717, 1.165) is 23.3 Å². The van der Waals surface area contributed by atoms with Gasteiger partial charge in [-0.2, -0.15) is 5.10 Å². The molecule has 0 bridgehead atoms. The van der Waals surface area contributed by atoms with Gasteiger partial charge in [-0.25, -0.2) is 0 Å². The third kappa shape index (κ3) is 4.27. The van der Waals surface area contributed by atoms with Crippen molar-refractivity contribution >= 4 is 15.9 Å². The first-order valence-corrected chi connectivity index (χ1v) is 7.34. The van der Waals surface area contributed by atoms with Gasteiger partial charge in [0.1, 0.15) is 0 Å². The predicted octanol–water partition coefficient (Wildman–Crippen LogP) is 2.02. The van der Waals surface area contributed by atoms with Crippen LogP contribution in [0.3, 0.4) is 0 Å². The molecular formula is C13H25BrN4O. The standard InChI is InChI=1S/C13H25BrN4O/c1-6-19-13(2,3)12(15)11-10(14)9-16-18(11)8-7-17(4)5/h9,12H,6-8,15H2,1-5H3. The highest BCUT2D eigenvalue weighted by Crippen LogP contribution is 2.31. The van der Waals surface area contributed by atoms with E-state index in [1.807, 2.05) is 39.5 Å². The summed E-state index contributed by atoms with van der Waals surface area (Å²) < 4.78 is 8.64. The Morgan fingerprint density at radius 1 is 1.53 bits per heavy atom. The monoisotopic (exact) mass is 332 g/mol. The molecule has 0 aliphatic rings. The van der Waals surface area contributed by atoms with E-state index in [1.54, 1.807) is 6.20 Å². The number of likely N-dealkylation sites (N-methyl/N-ethyl adjacent to an activating group) is 1. The molecule has 1 aromatic heterocycles. The average molecular weight is 333 g/mol. The lowest BCUT2D eigenvalue weighted by molar-refractivity contribution is -0.0318. The van der Waals surface area contributed by atoms with Crippen LogP contribution in [0.15, 0.2) is 10.7 Å². The van der Waals surface area contributed by atoms with Gasteiger partial charge in [0.15, 0.2) is 0 Å². The lowest BCUT2D eigenvalue weighted by atomic mass is 9.96. The van der Waals surface area contributed by atoms with Crippen LogP contribution in [0.5, 0.6) is 0 Å². The van der Waals surface area contributed by atoms with Crippen LogP contribution in [0.2, 0.25) is 0 Å². The Morgan fingerprint density at radius 3 is 2.68 bits per heavy atom. The lowest BCUT2D eigenvalue weighted by Crippen LogP contribution is -2.40. The molecule has 0 spiro atoms. The first-order valence-electron chi connectivity index (χ1n) is 6.55. The zero-order valence-corrected chi connectivity index (χ0v) is 14.1. The van der Waals surface area contributed by atoms with Gasteiger partial charge in [0.2, 0.25) is 0 Å². The Bertz CT molecular complexity index is 403. The number of halogens is 1. The van der Waals surface area contributed by atoms with E-state index in [1.165, 1.54) is 0 Å². The van der Waals surface area contributed by atoms with Crippen LogP contribution < -0.4 is 5.73 Å². The molecule has 19 heavy (non-hydrogen) atoms. The zero-order valence-electron chi connectivity index (χ0n) is 12.5. The summed E-state index contributed by atoms with van der Waals surface area (Å²) in [6.45, 7) is 8.37. The number of hydrogen-bond acceptors (Lipinski definition) is 4. The zero-order chi connectivity index (χ0) is 14.6. The third-order valence-electron chi connectivity index (χ3n) is 3.15. The first kappa shape index (κ1) is 16.6. The first-order chi connectivity index (χ1) is 8.79. The van der Waals surface area contributed by atoms with E-state index in [4.69, 9.17) is 10.5 Å². The van der Waals surface area contributed by atoms with Crippen molar-refractivity contribution in [2.24, 2.45) is 5.73 Å². The molecule has 0 saturated carbocycles. The Labute approximate surface area is 124 Å². The second kappa shape index (κ2) is 6.83. The molecule has 110 valence electrons. The minimum absolute atomic E-state index is 0.230. The van der Waals surface area contributed by atoms with Gasteiger partial charge in [0.05, 0.1) is 34.6 Å². The Balaban J connectivity index is 2.95. The van der Waals surface area contributed by atoms with Crippen molar-refractivity contribution < 1.29 is 4.74 Å². The summed E-state index contributed by atoms with van der Waals surface area (Å²) in [6.07, 6.45) is 1.80. The fourth-order valence-corrected chi connectivity index (χ4v) is 2.49. The highest BCUT2D eigenvalue weighted by molar-refractivity contribution is 9.10. The van der Waals surface area contributed by atoms with Crippen LogP contribution in [-0.4, -0.2) is 47.5 Å². The number of hydrogen-bond donors (Lipinski definition) is 1. The van der Waals surface area contributed by atoms with E-state index in [-0.39, 0.29) is 6.04 Å². The molecule has 0 aliphatic heterocycles. The number of ether oxygens (including phenoxy) is 1. The maximum atomic E-state index is 6.38. The largest absolute Gasteiger partial charge is 0.374 e. The van der Waals surface area contributed by atoms with E-state index in [0.29, 0.717) is 6.61 Å². The molecule has 0 saturated heterocycles. The summed E-state index contributed by atoms with van der Waals surface area (Å²) in [5.74, 6) is 0. The molecule has 1 rings (SSSR count). The van der Waals surface area contributed by atoms with Gasteiger partial charge in [-0.05, 0) is 50.8 Å². The van der Waals surface area contributed by atoms with Gasteiger partial charge in [-0.3, -0.25) is 4.68 Å². The number of nitrogens with two attached hydrogens (primary N) is 1. The molecule has 1 unspecified atom stereocenters. The van der Waals surface area contributed by atoms with Crippen molar-refractivity contribution in [3.8, 4) is 0 Å². The van der Waals surface area contributed by atoms with Crippen LogP contribution in [-0.2, 0) is 11.3 Å². The molecule has 0 radical (unpaired) electrons. The van der Waals surface area contributed by atoms with Gasteiger partial charge in [-0.15, -0.1) is 0 Å². The van der Waals surface area contributed by atoms with Crippen LogP contribution in [0.4, 0.5) is 0 Å². The minimum atomic E-state index is -0.423. The van der Waals surface area contributed by atoms with Gasteiger partial charge in [0.25, 0.3) is 0 Å². The van der Waals surface area contributed by atoms with Crippen molar-refractivity contribution in [2.45, 2.75) is 39.0 Å². The van der Waals surface area contributed by atoms with Crippen LogP contribution in [0.25, 0.3) is 0 Å². The minimum Gasteiger partial charge on any atom is -0.374 e. The highest BCUT2D eigenvalue weighted by atomic mass is 79.9. The molecule has 6 heteroatoms. The fourth-order valence-electron chi connectivity index (χ4n) is 1.95. The van der Waals surface area contributed by atoms with Crippen LogP contribution in [0.1, 0.15) is 32.5 Å². The smallest absolute Gasteiger partial charge is 0.0833 e. The average Bonchev–Trinajstić information content (AvgIpc) is 2.66. The SMILES string of the molecule is CCOC(C)(C)C(N)c1c(Br)cnn1CCN(C)C. The maximum Gasteiger partial charge on any atom is 0.0833 e.